The van der Waals surface area contributed by atoms with E-state index in [4.69, 9.17) is 10.5 Å². The number of aliphatic hydroxyl groups excluding tert-OH is 1. The molecule has 0 aromatic heterocycles. The van der Waals surface area contributed by atoms with Crippen LogP contribution in [0.2, 0.25) is 0 Å². The first-order valence-corrected chi connectivity index (χ1v) is 10.7. The molecule has 3 aromatic rings. The summed E-state index contributed by atoms with van der Waals surface area (Å²) in [6, 6.07) is 21.1. The molecule has 6 heteroatoms. The molecule has 3 aromatic carbocycles. The molecular weight excluding hydrogens is 407 g/mol. The number of ether oxygens (including phenoxy) is 1. The van der Waals surface area contributed by atoms with Gasteiger partial charge in [0.1, 0.15) is 11.6 Å². The quantitative estimate of drug-likeness (QED) is 0.512. The van der Waals surface area contributed by atoms with E-state index in [1.807, 2.05) is 48.5 Å². The van der Waals surface area contributed by atoms with Crippen molar-refractivity contribution in [3.05, 3.63) is 95.3 Å². The van der Waals surface area contributed by atoms with Gasteiger partial charge < -0.3 is 20.5 Å². The SMILES string of the molecule is COc1ccc(C2C(CC[C@@H](O)c3ccc(F)cc3)C(=O)N2c2ccc(CN)cc2)cc1. The minimum Gasteiger partial charge on any atom is -0.497 e. The lowest BCUT2D eigenvalue weighted by molar-refractivity contribution is -0.131. The zero-order valence-corrected chi connectivity index (χ0v) is 17.9. The van der Waals surface area contributed by atoms with Crippen molar-refractivity contribution in [2.75, 3.05) is 12.0 Å². The van der Waals surface area contributed by atoms with Crippen molar-refractivity contribution in [3.8, 4) is 5.75 Å². The van der Waals surface area contributed by atoms with Crippen LogP contribution in [-0.4, -0.2) is 18.1 Å². The largest absolute Gasteiger partial charge is 0.497 e. The molecule has 4 rings (SSSR count). The third kappa shape index (κ3) is 4.38. The Kier molecular flexibility index (Phi) is 6.53. The van der Waals surface area contributed by atoms with Gasteiger partial charge in [0.2, 0.25) is 5.91 Å². The molecule has 1 saturated heterocycles. The Morgan fingerprint density at radius 1 is 1.03 bits per heavy atom. The summed E-state index contributed by atoms with van der Waals surface area (Å²) in [6.07, 6.45) is 0.179. The Morgan fingerprint density at radius 2 is 1.69 bits per heavy atom. The van der Waals surface area contributed by atoms with Crippen molar-refractivity contribution in [1.29, 1.82) is 0 Å². The smallest absolute Gasteiger partial charge is 0.233 e. The van der Waals surface area contributed by atoms with Crippen molar-refractivity contribution < 1.29 is 19.0 Å². The Morgan fingerprint density at radius 3 is 2.28 bits per heavy atom. The lowest BCUT2D eigenvalue weighted by Gasteiger charge is -2.48. The molecule has 166 valence electrons. The first-order valence-electron chi connectivity index (χ1n) is 10.7. The molecular formula is C26H27FN2O3. The van der Waals surface area contributed by atoms with Gasteiger partial charge in [-0.3, -0.25) is 4.79 Å². The average molecular weight is 435 g/mol. The molecule has 0 aliphatic carbocycles. The van der Waals surface area contributed by atoms with Crippen LogP contribution in [0.25, 0.3) is 0 Å². The molecule has 1 aliphatic rings. The molecule has 1 heterocycles. The Labute approximate surface area is 187 Å². The Bertz CT molecular complexity index is 1050. The molecule has 2 unspecified atom stereocenters. The second-order valence-corrected chi connectivity index (χ2v) is 8.05. The van der Waals surface area contributed by atoms with E-state index in [2.05, 4.69) is 0 Å². The van der Waals surface area contributed by atoms with Crippen LogP contribution in [0.4, 0.5) is 10.1 Å². The highest BCUT2D eigenvalue weighted by Crippen LogP contribution is 2.46. The summed E-state index contributed by atoms with van der Waals surface area (Å²) >= 11 is 0. The second-order valence-electron chi connectivity index (χ2n) is 8.05. The molecule has 5 nitrogen and oxygen atoms in total. The number of benzene rings is 3. The first-order chi connectivity index (χ1) is 15.5. The minimum atomic E-state index is -0.752. The van der Waals surface area contributed by atoms with Gasteiger partial charge in [-0.2, -0.15) is 0 Å². The molecule has 32 heavy (non-hydrogen) atoms. The highest BCUT2D eigenvalue weighted by Gasteiger charge is 2.48. The molecule has 0 saturated carbocycles. The topological polar surface area (TPSA) is 75.8 Å². The van der Waals surface area contributed by atoms with E-state index in [0.717, 1.165) is 22.6 Å². The van der Waals surface area contributed by atoms with Gasteiger partial charge in [0, 0.05) is 12.2 Å². The maximum absolute atomic E-state index is 13.2. The number of nitrogens with two attached hydrogens (primary N) is 1. The number of carbonyl (C=O) groups excluding carboxylic acids is 1. The van der Waals surface area contributed by atoms with Crippen molar-refractivity contribution in [2.45, 2.75) is 31.5 Å². The summed E-state index contributed by atoms with van der Waals surface area (Å²) in [7, 11) is 1.62. The van der Waals surface area contributed by atoms with Gasteiger partial charge in [-0.25, -0.2) is 4.39 Å². The standard InChI is InChI=1S/C26H27FN2O3/c1-32-22-12-6-19(7-13-22)25-23(14-15-24(30)18-4-8-20(27)9-5-18)26(31)29(25)21-10-2-17(16-28)3-11-21/h2-13,23-25,30H,14-16,28H2,1H3/t23?,24-,25?/m1/s1. The van der Waals surface area contributed by atoms with Gasteiger partial charge in [-0.1, -0.05) is 36.4 Å². The number of halogens is 1. The van der Waals surface area contributed by atoms with E-state index >= 15 is 0 Å². The predicted octanol–water partition coefficient (Wildman–Crippen LogP) is 4.51. The van der Waals surface area contributed by atoms with Crippen molar-refractivity contribution in [2.24, 2.45) is 11.7 Å². The number of rotatable bonds is 8. The van der Waals surface area contributed by atoms with Gasteiger partial charge in [-0.05, 0) is 65.9 Å². The molecule has 0 spiro atoms. The van der Waals surface area contributed by atoms with Crippen LogP contribution in [0.15, 0.2) is 72.8 Å². The summed E-state index contributed by atoms with van der Waals surface area (Å²) in [5.41, 5.74) is 9.18. The molecule has 3 N–H and O–H groups in total. The van der Waals surface area contributed by atoms with Gasteiger partial charge in [-0.15, -0.1) is 0 Å². The van der Waals surface area contributed by atoms with E-state index < -0.39 is 6.10 Å². The van der Waals surface area contributed by atoms with E-state index in [9.17, 15) is 14.3 Å². The van der Waals surface area contributed by atoms with Crippen molar-refractivity contribution in [1.82, 2.24) is 0 Å². The number of hydrogen-bond donors (Lipinski definition) is 2. The maximum atomic E-state index is 13.2. The lowest BCUT2D eigenvalue weighted by Crippen LogP contribution is -2.55. The van der Waals surface area contributed by atoms with E-state index in [0.29, 0.717) is 24.9 Å². The Hall–Kier alpha value is -3.22. The number of carbonyl (C=O) groups is 1. The fraction of sp³-hybridized carbons (Fsp3) is 0.269. The van der Waals surface area contributed by atoms with Crippen LogP contribution in [0, 0.1) is 11.7 Å². The van der Waals surface area contributed by atoms with E-state index in [1.54, 1.807) is 24.1 Å². The number of anilines is 1. The lowest BCUT2D eigenvalue weighted by atomic mass is 9.78. The number of aliphatic hydroxyl groups is 1. The van der Waals surface area contributed by atoms with Crippen LogP contribution in [-0.2, 0) is 11.3 Å². The highest BCUT2D eigenvalue weighted by atomic mass is 19.1. The van der Waals surface area contributed by atoms with E-state index in [1.165, 1.54) is 12.1 Å². The summed E-state index contributed by atoms with van der Waals surface area (Å²) in [5, 5.41) is 10.6. The summed E-state index contributed by atoms with van der Waals surface area (Å²) in [4.78, 5) is 15.0. The normalized spacial score (nSPS) is 18.9. The zero-order valence-electron chi connectivity index (χ0n) is 17.9. The predicted molar refractivity (Wildman–Crippen MR) is 122 cm³/mol. The molecule has 0 bridgehead atoms. The molecule has 1 aliphatic heterocycles. The summed E-state index contributed by atoms with van der Waals surface area (Å²) in [5.74, 6) is 0.179. The van der Waals surface area contributed by atoms with Crippen LogP contribution in [0.1, 0.15) is 41.7 Å². The fourth-order valence-corrected chi connectivity index (χ4v) is 4.28. The third-order valence-electron chi connectivity index (χ3n) is 6.13. The number of β-lactam (4-membered cyclic amide) rings is 1. The molecule has 1 amide bonds. The molecule has 1 fully saturated rings. The van der Waals surface area contributed by atoms with Crippen molar-refractivity contribution >= 4 is 11.6 Å². The zero-order chi connectivity index (χ0) is 22.7. The first kappa shape index (κ1) is 22.0. The summed E-state index contributed by atoms with van der Waals surface area (Å²) in [6.45, 7) is 0.444. The van der Waals surface area contributed by atoms with Crippen LogP contribution < -0.4 is 15.4 Å². The van der Waals surface area contributed by atoms with Crippen LogP contribution in [0.3, 0.4) is 0 Å². The van der Waals surface area contributed by atoms with Crippen LogP contribution >= 0.6 is 0 Å². The van der Waals surface area contributed by atoms with Gasteiger partial charge in [0.15, 0.2) is 0 Å². The van der Waals surface area contributed by atoms with Crippen molar-refractivity contribution in [3.63, 3.8) is 0 Å². The second kappa shape index (κ2) is 9.51. The average Bonchev–Trinajstić information content (AvgIpc) is 2.83. The fourth-order valence-electron chi connectivity index (χ4n) is 4.28. The van der Waals surface area contributed by atoms with Gasteiger partial charge in [0.05, 0.1) is 25.2 Å². The Balaban J connectivity index is 1.55. The molecule has 0 radical (unpaired) electrons. The summed E-state index contributed by atoms with van der Waals surface area (Å²) < 4.78 is 18.4. The monoisotopic (exact) mass is 434 g/mol. The number of methoxy groups -OCH3 is 1. The highest BCUT2D eigenvalue weighted by molar-refractivity contribution is 6.03. The van der Waals surface area contributed by atoms with Crippen LogP contribution in [0.5, 0.6) is 5.75 Å². The van der Waals surface area contributed by atoms with E-state index in [-0.39, 0.29) is 23.7 Å². The number of hydrogen-bond acceptors (Lipinski definition) is 4. The number of amides is 1. The minimum absolute atomic E-state index is 0.0256. The molecule has 3 atom stereocenters. The van der Waals surface area contributed by atoms with Gasteiger partial charge >= 0.3 is 0 Å². The third-order valence-corrected chi connectivity index (χ3v) is 6.13. The maximum Gasteiger partial charge on any atom is 0.233 e. The number of nitrogens with zero attached hydrogens (tertiary/aromatic N) is 1. The van der Waals surface area contributed by atoms with Gasteiger partial charge in [0.25, 0.3) is 0 Å².